The van der Waals surface area contributed by atoms with Gasteiger partial charge >= 0.3 is 0 Å². The first-order valence-corrected chi connectivity index (χ1v) is 7.82. The molecule has 0 aliphatic carbocycles. The maximum Gasteiger partial charge on any atom is 0.255 e. The Labute approximate surface area is 166 Å². The highest BCUT2D eigenvalue weighted by Gasteiger charge is 2.11. The fourth-order valence-electron chi connectivity index (χ4n) is 2.17. The van der Waals surface area contributed by atoms with Crippen molar-refractivity contribution in [3.05, 3.63) is 59.9 Å². The summed E-state index contributed by atoms with van der Waals surface area (Å²) in [4.78, 5) is 27.9. The Kier molecular flexibility index (Phi) is 11.2. The van der Waals surface area contributed by atoms with Crippen LogP contribution in [0.15, 0.2) is 48.8 Å². The first-order valence-electron chi connectivity index (χ1n) is 7.82. The van der Waals surface area contributed by atoms with Crippen LogP contribution < -0.4 is 16.0 Å². The largest absolute Gasteiger partial charge is 0.352 e. The minimum absolute atomic E-state index is 0. The van der Waals surface area contributed by atoms with E-state index in [-0.39, 0.29) is 42.5 Å². The molecule has 2 aromatic rings. The number of carbonyl (C=O) groups excluding carboxylic acids is 2. The van der Waals surface area contributed by atoms with Crippen molar-refractivity contribution in [3.63, 3.8) is 0 Å². The summed E-state index contributed by atoms with van der Waals surface area (Å²) in [6, 6.07) is 10.6. The van der Waals surface area contributed by atoms with Gasteiger partial charge in [-0.2, -0.15) is 0 Å². The van der Waals surface area contributed by atoms with Gasteiger partial charge in [0.1, 0.15) is 0 Å². The van der Waals surface area contributed by atoms with E-state index in [9.17, 15) is 9.59 Å². The van der Waals surface area contributed by atoms with Gasteiger partial charge in [0, 0.05) is 42.7 Å². The van der Waals surface area contributed by atoms with Crippen molar-refractivity contribution in [3.8, 4) is 0 Å². The van der Waals surface area contributed by atoms with Crippen molar-refractivity contribution in [2.45, 2.75) is 13.5 Å². The number of hydrogen-bond donors (Lipinski definition) is 3. The topological polar surface area (TPSA) is 83.1 Å². The molecule has 0 radical (unpaired) electrons. The molecule has 8 heteroatoms. The van der Waals surface area contributed by atoms with Crippen molar-refractivity contribution in [1.82, 2.24) is 15.6 Å². The number of nitrogens with zero attached hydrogens (tertiary/aromatic N) is 1. The quantitative estimate of drug-likeness (QED) is 0.669. The number of aromatic nitrogens is 1. The average Bonchev–Trinajstić information content (AvgIpc) is 2.61. The van der Waals surface area contributed by atoms with Crippen molar-refractivity contribution >= 4 is 42.3 Å². The molecule has 1 aromatic heterocycles. The SMILES string of the molecule is CNCC(C)C(=O)NCc1ccc(C(=O)Nc2ccncc2)cc1.Cl.Cl. The predicted molar refractivity (Wildman–Crippen MR) is 108 cm³/mol. The zero-order valence-electron chi connectivity index (χ0n) is 14.7. The number of anilines is 1. The summed E-state index contributed by atoms with van der Waals surface area (Å²) in [7, 11) is 1.82. The van der Waals surface area contributed by atoms with Gasteiger partial charge in [0.2, 0.25) is 5.91 Å². The smallest absolute Gasteiger partial charge is 0.255 e. The molecule has 1 atom stereocenters. The molecular formula is C18H24Cl2N4O2. The minimum atomic E-state index is -0.181. The minimum Gasteiger partial charge on any atom is -0.352 e. The number of amides is 2. The third kappa shape index (κ3) is 7.39. The first kappa shape index (κ1) is 23.9. The van der Waals surface area contributed by atoms with Crippen molar-refractivity contribution in [2.24, 2.45) is 5.92 Å². The van der Waals surface area contributed by atoms with E-state index in [4.69, 9.17) is 0 Å². The predicted octanol–water partition coefficient (Wildman–Crippen LogP) is 2.65. The Morgan fingerprint density at radius 1 is 1.04 bits per heavy atom. The summed E-state index contributed by atoms with van der Waals surface area (Å²) >= 11 is 0. The fraction of sp³-hybridized carbons (Fsp3) is 0.278. The van der Waals surface area contributed by atoms with Gasteiger partial charge in [-0.25, -0.2) is 0 Å². The molecule has 0 aliphatic heterocycles. The Morgan fingerprint density at radius 2 is 1.65 bits per heavy atom. The molecule has 2 amide bonds. The monoisotopic (exact) mass is 398 g/mol. The summed E-state index contributed by atoms with van der Waals surface area (Å²) in [5.74, 6) is -0.260. The van der Waals surface area contributed by atoms with Gasteiger partial charge in [-0.3, -0.25) is 14.6 Å². The van der Waals surface area contributed by atoms with E-state index in [0.717, 1.165) is 5.56 Å². The van der Waals surface area contributed by atoms with Crippen molar-refractivity contribution < 1.29 is 9.59 Å². The van der Waals surface area contributed by atoms with E-state index in [0.29, 0.717) is 24.3 Å². The van der Waals surface area contributed by atoms with Crippen LogP contribution in [0.1, 0.15) is 22.8 Å². The maximum atomic E-state index is 12.1. The molecule has 1 unspecified atom stereocenters. The third-order valence-electron chi connectivity index (χ3n) is 3.58. The van der Waals surface area contributed by atoms with Crippen LogP contribution in [-0.2, 0) is 11.3 Å². The van der Waals surface area contributed by atoms with E-state index < -0.39 is 0 Å². The van der Waals surface area contributed by atoms with Gasteiger partial charge in [0.15, 0.2) is 0 Å². The van der Waals surface area contributed by atoms with Gasteiger partial charge in [-0.1, -0.05) is 19.1 Å². The van der Waals surface area contributed by atoms with Crippen LogP contribution in [0.4, 0.5) is 5.69 Å². The van der Waals surface area contributed by atoms with Gasteiger partial charge in [-0.05, 0) is 36.9 Å². The number of carbonyl (C=O) groups is 2. The molecule has 0 bridgehead atoms. The highest BCUT2D eigenvalue weighted by atomic mass is 35.5. The molecule has 26 heavy (non-hydrogen) atoms. The molecule has 0 spiro atoms. The number of hydrogen-bond acceptors (Lipinski definition) is 4. The van der Waals surface area contributed by atoms with E-state index in [1.165, 1.54) is 0 Å². The molecule has 0 aliphatic rings. The average molecular weight is 399 g/mol. The maximum absolute atomic E-state index is 12.1. The zero-order valence-corrected chi connectivity index (χ0v) is 16.3. The summed E-state index contributed by atoms with van der Waals surface area (Å²) < 4.78 is 0. The molecule has 0 saturated heterocycles. The number of halogens is 2. The highest BCUT2D eigenvalue weighted by Crippen LogP contribution is 2.09. The molecule has 6 nitrogen and oxygen atoms in total. The fourth-order valence-corrected chi connectivity index (χ4v) is 2.17. The molecule has 2 rings (SSSR count). The number of rotatable bonds is 7. The van der Waals surface area contributed by atoms with Crippen molar-refractivity contribution in [1.29, 1.82) is 0 Å². The Hall–Kier alpha value is -2.15. The number of pyridine rings is 1. The van der Waals surface area contributed by atoms with Crippen LogP contribution in [0.5, 0.6) is 0 Å². The molecule has 1 aromatic carbocycles. The third-order valence-corrected chi connectivity index (χ3v) is 3.58. The lowest BCUT2D eigenvalue weighted by Gasteiger charge is -2.12. The number of nitrogens with one attached hydrogen (secondary N) is 3. The van der Waals surface area contributed by atoms with Gasteiger partial charge in [0.25, 0.3) is 5.91 Å². The van der Waals surface area contributed by atoms with Crippen LogP contribution in [-0.4, -0.2) is 30.4 Å². The summed E-state index contributed by atoms with van der Waals surface area (Å²) in [6.45, 7) is 2.96. The van der Waals surface area contributed by atoms with Crippen LogP contribution in [0, 0.1) is 5.92 Å². The van der Waals surface area contributed by atoms with Crippen LogP contribution in [0.2, 0.25) is 0 Å². The van der Waals surface area contributed by atoms with E-state index in [2.05, 4.69) is 20.9 Å². The second-order valence-corrected chi connectivity index (χ2v) is 5.56. The van der Waals surface area contributed by atoms with Gasteiger partial charge in [-0.15, -0.1) is 24.8 Å². The zero-order chi connectivity index (χ0) is 17.4. The van der Waals surface area contributed by atoms with E-state index >= 15 is 0 Å². The summed E-state index contributed by atoms with van der Waals surface area (Å²) in [6.07, 6.45) is 3.24. The normalized spacial score (nSPS) is 10.7. The van der Waals surface area contributed by atoms with Crippen LogP contribution in [0.25, 0.3) is 0 Å². The lowest BCUT2D eigenvalue weighted by Crippen LogP contribution is -2.33. The molecular weight excluding hydrogens is 375 g/mol. The molecule has 0 fully saturated rings. The Morgan fingerprint density at radius 3 is 2.23 bits per heavy atom. The number of benzene rings is 1. The van der Waals surface area contributed by atoms with Gasteiger partial charge in [0.05, 0.1) is 0 Å². The van der Waals surface area contributed by atoms with Gasteiger partial charge < -0.3 is 16.0 Å². The Bertz CT molecular complexity index is 681. The first-order chi connectivity index (χ1) is 11.6. The van der Waals surface area contributed by atoms with Crippen molar-refractivity contribution in [2.75, 3.05) is 18.9 Å². The second kappa shape index (κ2) is 12.2. The second-order valence-electron chi connectivity index (χ2n) is 5.56. The summed E-state index contributed by atoms with van der Waals surface area (Å²) in [5.41, 5.74) is 2.20. The Balaban J connectivity index is 0.00000312. The molecule has 1 heterocycles. The lowest BCUT2D eigenvalue weighted by molar-refractivity contribution is -0.124. The van der Waals surface area contributed by atoms with E-state index in [1.807, 2.05) is 26.1 Å². The standard InChI is InChI=1S/C18H22N4O2.2ClH/c1-13(11-19-2)17(23)21-12-14-3-5-15(6-4-14)18(24)22-16-7-9-20-10-8-16;;/h3-10,13,19H,11-12H2,1-2H3,(H,21,23)(H,20,22,24);2*1H. The highest BCUT2D eigenvalue weighted by molar-refractivity contribution is 6.04. The molecule has 142 valence electrons. The lowest BCUT2D eigenvalue weighted by atomic mass is 10.1. The molecule has 0 saturated carbocycles. The van der Waals surface area contributed by atoms with E-state index in [1.54, 1.807) is 36.7 Å². The summed E-state index contributed by atoms with van der Waals surface area (Å²) in [5, 5.41) is 8.66. The van der Waals surface area contributed by atoms with Crippen LogP contribution >= 0.6 is 24.8 Å². The van der Waals surface area contributed by atoms with Crippen LogP contribution in [0.3, 0.4) is 0 Å². The molecule has 3 N–H and O–H groups in total.